The van der Waals surface area contributed by atoms with E-state index in [4.69, 9.17) is 9.47 Å². The number of nitrogens with one attached hydrogen (secondary N) is 2. The van der Waals surface area contributed by atoms with Crippen LogP contribution in [0, 0.1) is 0 Å². The smallest absolute Gasteiger partial charge is 0.222 e. The zero-order chi connectivity index (χ0) is 21.1. The van der Waals surface area contributed by atoms with Crippen molar-refractivity contribution < 1.29 is 14.3 Å². The van der Waals surface area contributed by atoms with Crippen LogP contribution in [0.4, 0.5) is 0 Å². The van der Waals surface area contributed by atoms with Gasteiger partial charge in [0.05, 0.1) is 14.2 Å². The summed E-state index contributed by atoms with van der Waals surface area (Å²) in [5.41, 5.74) is 2.36. The molecule has 0 atom stereocenters. The molecule has 7 heteroatoms. The van der Waals surface area contributed by atoms with E-state index in [1.165, 1.54) is 5.56 Å². The lowest BCUT2D eigenvalue weighted by atomic mass is 9.98. The summed E-state index contributed by atoms with van der Waals surface area (Å²) < 4.78 is 10.8. The lowest BCUT2D eigenvalue weighted by Gasteiger charge is -2.29. The Morgan fingerprint density at radius 1 is 1.10 bits per heavy atom. The minimum absolute atomic E-state index is 0.185. The highest BCUT2D eigenvalue weighted by Gasteiger charge is 2.22. The van der Waals surface area contributed by atoms with E-state index >= 15 is 0 Å². The van der Waals surface area contributed by atoms with Gasteiger partial charge in [0.1, 0.15) is 0 Å². The quantitative estimate of drug-likeness (QED) is 0.356. The van der Waals surface area contributed by atoms with Crippen molar-refractivity contribution in [3.63, 3.8) is 0 Å². The highest BCUT2D eigenvalue weighted by molar-refractivity contribution is 5.80. The molecule has 2 N–H and O–H groups in total. The van der Waals surface area contributed by atoms with Gasteiger partial charge in [0.15, 0.2) is 17.5 Å². The molecule has 0 saturated carbocycles. The molecule has 1 aromatic rings. The van der Waals surface area contributed by atoms with Crippen molar-refractivity contribution in [2.75, 3.05) is 40.4 Å². The van der Waals surface area contributed by atoms with Crippen LogP contribution in [0.15, 0.2) is 17.1 Å². The van der Waals surface area contributed by atoms with Gasteiger partial charge in [0.2, 0.25) is 5.91 Å². The predicted octanol–water partition coefficient (Wildman–Crippen LogP) is 2.72. The highest BCUT2D eigenvalue weighted by atomic mass is 16.5. The van der Waals surface area contributed by atoms with Gasteiger partial charge in [-0.1, -0.05) is 13.3 Å². The van der Waals surface area contributed by atoms with Crippen LogP contribution in [0.5, 0.6) is 11.5 Å². The standard InChI is InChI=1S/C22H36N4O3/c1-5-7-11-24-22(23-6-2)25-12-8-9-21(27)26-13-10-17-14-19(28-3)20(29-4)15-18(17)16-26/h14-15H,5-13,16H2,1-4H3,(H2,23,24,25). The largest absolute Gasteiger partial charge is 0.493 e. The van der Waals surface area contributed by atoms with Crippen molar-refractivity contribution in [2.24, 2.45) is 4.99 Å². The summed E-state index contributed by atoms with van der Waals surface area (Å²) in [6.45, 7) is 7.98. The van der Waals surface area contributed by atoms with Crippen LogP contribution in [0.2, 0.25) is 0 Å². The number of hydrogen-bond donors (Lipinski definition) is 2. The molecule has 1 amide bonds. The fourth-order valence-corrected chi connectivity index (χ4v) is 3.40. The lowest BCUT2D eigenvalue weighted by molar-refractivity contribution is -0.132. The maximum absolute atomic E-state index is 12.7. The second-order valence-corrected chi connectivity index (χ2v) is 7.19. The number of amides is 1. The average molecular weight is 405 g/mol. The molecule has 1 heterocycles. The average Bonchev–Trinajstić information content (AvgIpc) is 2.75. The number of nitrogens with zero attached hydrogens (tertiary/aromatic N) is 2. The number of hydrogen-bond acceptors (Lipinski definition) is 4. The maximum Gasteiger partial charge on any atom is 0.222 e. The first kappa shape index (κ1) is 22.8. The van der Waals surface area contributed by atoms with Crippen molar-refractivity contribution in [1.29, 1.82) is 0 Å². The Morgan fingerprint density at radius 3 is 2.48 bits per heavy atom. The number of guanidine groups is 1. The van der Waals surface area contributed by atoms with E-state index in [1.54, 1.807) is 14.2 Å². The third-order valence-corrected chi connectivity index (χ3v) is 5.06. The van der Waals surface area contributed by atoms with Crippen LogP contribution in [0.3, 0.4) is 0 Å². The third kappa shape index (κ3) is 6.84. The predicted molar refractivity (Wildman–Crippen MR) is 117 cm³/mol. The molecule has 0 aromatic heterocycles. The molecule has 29 heavy (non-hydrogen) atoms. The summed E-state index contributed by atoms with van der Waals surface area (Å²) in [5, 5.41) is 6.57. The number of benzene rings is 1. The minimum atomic E-state index is 0.185. The van der Waals surface area contributed by atoms with Gasteiger partial charge >= 0.3 is 0 Å². The van der Waals surface area contributed by atoms with Crippen molar-refractivity contribution in [1.82, 2.24) is 15.5 Å². The molecule has 0 bridgehead atoms. The summed E-state index contributed by atoms with van der Waals surface area (Å²) in [5.74, 6) is 2.47. The molecular weight excluding hydrogens is 368 g/mol. The van der Waals surface area contributed by atoms with Crippen molar-refractivity contribution in [2.45, 2.75) is 52.5 Å². The van der Waals surface area contributed by atoms with Crippen molar-refractivity contribution >= 4 is 11.9 Å². The Bertz CT molecular complexity index is 691. The Hall–Kier alpha value is -2.44. The van der Waals surface area contributed by atoms with E-state index in [0.717, 1.165) is 62.6 Å². The van der Waals surface area contributed by atoms with E-state index in [0.29, 0.717) is 25.3 Å². The molecule has 0 unspecified atom stereocenters. The number of carbonyl (C=O) groups is 1. The van der Waals surface area contributed by atoms with Crippen LogP contribution >= 0.6 is 0 Å². The summed E-state index contributed by atoms with van der Waals surface area (Å²) in [4.78, 5) is 19.2. The van der Waals surface area contributed by atoms with Gasteiger partial charge in [0.25, 0.3) is 0 Å². The Labute approximate surface area is 174 Å². The van der Waals surface area contributed by atoms with E-state index in [9.17, 15) is 4.79 Å². The molecule has 0 saturated heterocycles. The molecular formula is C22H36N4O3. The third-order valence-electron chi connectivity index (χ3n) is 5.06. The van der Waals surface area contributed by atoms with Gasteiger partial charge in [-0.3, -0.25) is 9.79 Å². The number of unbranched alkanes of at least 4 members (excludes halogenated alkanes) is 1. The second kappa shape index (κ2) is 12.2. The molecule has 0 fully saturated rings. The van der Waals surface area contributed by atoms with Crippen molar-refractivity contribution in [3.05, 3.63) is 23.3 Å². The Morgan fingerprint density at radius 2 is 1.83 bits per heavy atom. The SMILES string of the molecule is CCCCNC(=NCCCC(=O)N1CCc2cc(OC)c(OC)cc2C1)NCC. The van der Waals surface area contributed by atoms with Crippen LogP contribution in [-0.2, 0) is 17.8 Å². The van der Waals surface area contributed by atoms with Gasteiger partial charge in [-0.25, -0.2) is 0 Å². The molecule has 1 aliphatic heterocycles. The molecule has 0 radical (unpaired) electrons. The van der Waals surface area contributed by atoms with E-state index in [2.05, 4.69) is 29.5 Å². The second-order valence-electron chi connectivity index (χ2n) is 7.19. The van der Waals surface area contributed by atoms with Gasteiger partial charge in [-0.05, 0) is 49.4 Å². The van der Waals surface area contributed by atoms with E-state index < -0.39 is 0 Å². The Balaban J connectivity index is 1.85. The molecule has 0 spiro atoms. The zero-order valence-corrected chi connectivity index (χ0v) is 18.3. The lowest BCUT2D eigenvalue weighted by Crippen LogP contribution is -2.38. The number of carbonyl (C=O) groups excluding carboxylic acids is 1. The highest BCUT2D eigenvalue weighted by Crippen LogP contribution is 2.33. The normalized spacial score (nSPS) is 13.7. The fraction of sp³-hybridized carbons (Fsp3) is 0.636. The molecule has 7 nitrogen and oxygen atoms in total. The number of aliphatic imine (C=N–C) groups is 1. The van der Waals surface area contributed by atoms with Crippen molar-refractivity contribution in [3.8, 4) is 11.5 Å². The topological polar surface area (TPSA) is 75.2 Å². The molecule has 1 aliphatic rings. The summed E-state index contributed by atoms with van der Waals surface area (Å²) >= 11 is 0. The summed E-state index contributed by atoms with van der Waals surface area (Å²) in [6.07, 6.45) is 4.37. The monoisotopic (exact) mass is 404 g/mol. The number of rotatable bonds is 10. The molecule has 2 rings (SSSR count). The van der Waals surface area contributed by atoms with Crippen LogP contribution in [0.1, 0.15) is 50.7 Å². The van der Waals surface area contributed by atoms with E-state index in [1.807, 2.05) is 17.0 Å². The van der Waals surface area contributed by atoms with Gasteiger partial charge < -0.3 is 25.0 Å². The summed E-state index contributed by atoms with van der Waals surface area (Å²) in [6, 6.07) is 4.01. The minimum Gasteiger partial charge on any atom is -0.493 e. The number of ether oxygens (including phenoxy) is 2. The number of fused-ring (bicyclic) bond motifs is 1. The molecule has 1 aromatic carbocycles. The van der Waals surface area contributed by atoms with Gasteiger partial charge in [0, 0.05) is 39.1 Å². The van der Waals surface area contributed by atoms with Crippen LogP contribution in [0.25, 0.3) is 0 Å². The molecule has 0 aliphatic carbocycles. The van der Waals surface area contributed by atoms with E-state index in [-0.39, 0.29) is 5.91 Å². The first-order valence-corrected chi connectivity index (χ1v) is 10.7. The Kier molecular flexibility index (Phi) is 9.60. The first-order chi connectivity index (χ1) is 14.1. The summed E-state index contributed by atoms with van der Waals surface area (Å²) in [7, 11) is 3.28. The van der Waals surface area contributed by atoms with Gasteiger partial charge in [-0.15, -0.1) is 0 Å². The maximum atomic E-state index is 12.7. The zero-order valence-electron chi connectivity index (χ0n) is 18.3. The first-order valence-electron chi connectivity index (χ1n) is 10.7. The van der Waals surface area contributed by atoms with Gasteiger partial charge in [-0.2, -0.15) is 0 Å². The fourth-order valence-electron chi connectivity index (χ4n) is 3.40. The van der Waals surface area contributed by atoms with Crippen LogP contribution in [-0.4, -0.2) is 57.2 Å². The number of methoxy groups -OCH3 is 2. The van der Waals surface area contributed by atoms with Crippen LogP contribution < -0.4 is 20.1 Å². The molecule has 162 valence electrons.